The molecule has 0 radical (unpaired) electrons. The third-order valence-corrected chi connectivity index (χ3v) is 3.88. The van der Waals surface area contributed by atoms with Crippen molar-refractivity contribution in [2.24, 2.45) is 0 Å². The van der Waals surface area contributed by atoms with Crippen molar-refractivity contribution in [3.8, 4) is 5.75 Å². The van der Waals surface area contributed by atoms with E-state index in [1.807, 2.05) is 26.0 Å². The summed E-state index contributed by atoms with van der Waals surface area (Å²) in [5.74, 6) is 0.920. The number of ether oxygens (including phenoxy) is 1. The lowest BCUT2D eigenvalue weighted by molar-refractivity contribution is 0.109. The summed E-state index contributed by atoms with van der Waals surface area (Å²) < 4.78 is 5.66. The fourth-order valence-corrected chi connectivity index (χ4v) is 2.87. The Labute approximate surface area is 122 Å². The van der Waals surface area contributed by atoms with Crippen molar-refractivity contribution in [1.82, 2.24) is 5.32 Å². The Morgan fingerprint density at radius 2 is 1.85 bits per heavy atom. The number of aliphatic hydroxyl groups is 1. The van der Waals surface area contributed by atoms with Crippen LogP contribution in [0, 0.1) is 0 Å². The van der Waals surface area contributed by atoms with Crippen LogP contribution in [-0.2, 0) is 0 Å². The van der Waals surface area contributed by atoms with E-state index in [0.29, 0.717) is 12.1 Å². The summed E-state index contributed by atoms with van der Waals surface area (Å²) in [6, 6.07) is 9.04. The van der Waals surface area contributed by atoms with E-state index in [0.717, 1.165) is 31.4 Å². The molecule has 1 aliphatic rings. The number of hydrogen-bond acceptors (Lipinski definition) is 3. The highest BCUT2D eigenvalue weighted by Gasteiger charge is 2.21. The number of benzene rings is 1. The van der Waals surface area contributed by atoms with E-state index in [9.17, 15) is 5.11 Å². The first-order valence-corrected chi connectivity index (χ1v) is 7.75. The fourth-order valence-electron chi connectivity index (χ4n) is 2.87. The van der Waals surface area contributed by atoms with Gasteiger partial charge in [0, 0.05) is 12.1 Å². The fraction of sp³-hybridized carbons (Fsp3) is 0.647. The van der Waals surface area contributed by atoms with Crippen LogP contribution >= 0.6 is 0 Å². The van der Waals surface area contributed by atoms with Crippen LogP contribution in [0.2, 0.25) is 0 Å². The molecular weight excluding hydrogens is 250 g/mol. The molecule has 0 aromatic heterocycles. The first kappa shape index (κ1) is 15.3. The zero-order valence-electron chi connectivity index (χ0n) is 12.8. The lowest BCUT2D eigenvalue weighted by Gasteiger charge is -2.29. The van der Waals surface area contributed by atoms with Gasteiger partial charge in [0.1, 0.15) is 5.75 Å². The Morgan fingerprint density at radius 1 is 1.15 bits per heavy atom. The normalized spacial score (nSPS) is 24.6. The Morgan fingerprint density at radius 3 is 2.45 bits per heavy atom. The smallest absolute Gasteiger partial charge is 0.119 e. The van der Waals surface area contributed by atoms with E-state index in [2.05, 4.69) is 24.4 Å². The van der Waals surface area contributed by atoms with Crippen molar-refractivity contribution in [3.63, 3.8) is 0 Å². The third kappa shape index (κ3) is 4.50. The van der Waals surface area contributed by atoms with Crippen molar-refractivity contribution in [2.45, 2.75) is 70.7 Å². The topological polar surface area (TPSA) is 41.5 Å². The molecule has 2 rings (SSSR count). The van der Waals surface area contributed by atoms with Gasteiger partial charge in [-0.2, -0.15) is 0 Å². The van der Waals surface area contributed by atoms with Crippen LogP contribution in [0.15, 0.2) is 24.3 Å². The highest BCUT2D eigenvalue weighted by molar-refractivity contribution is 5.29. The van der Waals surface area contributed by atoms with Gasteiger partial charge in [0.2, 0.25) is 0 Å². The summed E-state index contributed by atoms with van der Waals surface area (Å²) in [4.78, 5) is 0. The van der Waals surface area contributed by atoms with Crippen LogP contribution in [0.1, 0.15) is 58.1 Å². The molecule has 3 atom stereocenters. The SMILES string of the molecule is CC(C)Oc1ccc(C(C)NC2CCCC(O)C2)cc1. The number of rotatable bonds is 5. The maximum Gasteiger partial charge on any atom is 0.119 e. The Hall–Kier alpha value is -1.06. The van der Waals surface area contributed by atoms with Crippen LogP contribution in [-0.4, -0.2) is 23.4 Å². The number of aliphatic hydroxyl groups excluding tert-OH is 1. The molecule has 1 fully saturated rings. The number of hydrogen-bond donors (Lipinski definition) is 2. The molecule has 2 N–H and O–H groups in total. The highest BCUT2D eigenvalue weighted by Crippen LogP contribution is 2.23. The van der Waals surface area contributed by atoms with Gasteiger partial charge < -0.3 is 15.2 Å². The minimum Gasteiger partial charge on any atom is -0.491 e. The van der Waals surface area contributed by atoms with Crippen molar-refractivity contribution in [1.29, 1.82) is 0 Å². The first-order valence-electron chi connectivity index (χ1n) is 7.75. The zero-order valence-corrected chi connectivity index (χ0v) is 12.8. The maximum atomic E-state index is 9.73. The summed E-state index contributed by atoms with van der Waals surface area (Å²) in [6.45, 7) is 6.25. The lowest BCUT2D eigenvalue weighted by atomic mass is 9.92. The Bertz CT molecular complexity index is 402. The quantitative estimate of drug-likeness (QED) is 0.866. The summed E-state index contributed by atoms with van der Waals surface area (Å²) >= 11 is 0. The maximum absolute atomic E-state index is 9.73. The van der Waals surface area contributed by atoms with Crippen molar-refractivity contribution >= 4 is 0 Å². The molecule has 0 spiro atoms. The average Bonchev–Trinajstić information content (AvgIpc) is 2.38. The van der Waals surface area contributed by atoms with Gasteiger partial charge in [0.25, 0.3) is 0 Å². The Balaban J connectivity index is 1.90. The van der Waals surface area contributed by atoms with Crippen molar-refractivity contribution < 1.29 is 9.84 Å². The molecule has 3 unspecified atom stereocenters. The highest BCUT2D eigenvalue weighted by atomic mass is 16.5. The van der Waals surface area contributed by atoms with Gasteiger partial charge in [-0.25, -0.2) is 0 Å². The molecule has 3 nitrogen and oxygen atoms in total. The van der Waals surface area contributed by atoms with Crippen LogP contribution < -0.4 is 10.1 Å². The van der Waals surface area contributed by atoms with Gasteiger partial charge >= 0.3 is 0 Å². The van der Waals surface area contributed by atoms with Gasteiger partial charge in [-0.15, -0.1) is 0 Å². The number of nitrogens with one attached hydrogen (secondary N) is 1. The molecule has 1 aliphatic carbocycles. The van der Waals surface area contributed by atoms with Gasteiger partial charge in [-0.05, 0) is 64.2 Å². The molecule has 0 heterocycles. The van der Waals surface area contributed by atoms with E-state index >= 15 is 0 Å². The van der Waals surface area contributed by atoms with Crippen LogP contribution in [0.5, 0.6) is 5.75 Å². The molecule has 112 valence electrons. The largest absolute Gasteiger partial charge is 0.491 e. The van der Waals surface area contributed by atoms with E-state index in [1.54, 1.807) is 0 Å². The van der Waals surface area contributed by atoms with Crippen LogP contribution in [0.4, 0.5) is 0 Å². The second-order valence-electron chi connectivity index (χ2n) is 6.14. The van der Waals surface area contributed by atoms with Crippen molar-refractivity contribution in [2.75, 3.05) is 0 Å². The molecule has 0 aliphatic heterocycles. The minimum absolute atomic E-state index is 0.129. The van der Waals surface area contributed by atoms with Gasteiger partial charge in [-0.3, -0.25) is 0 Å². The van der Waals surface area contributed by atoms with Gasteiger partial charge in [-0.1, -0.05) is 12.1 Å². The van der Waals surface area contributed by atoms with E-state index < -0.39 is 0 Å². The standard InChI is InChI=1S/C17H27NO2/c1-12(2)20-17-9-7-14(8-10-17)13(3)18-15-5-4-6-16(19)11-15/h7-10,12-13,15-16,18-19H,4-6,11H2,1-3H3. The average molecular weight is 277 g/mol. The predicted octanol–water partition coefficient (Wildman–Crippen LogP) is 3.43. The van der Waals surface area contributed by atoms with E-state index in [1.165, 1.54) is 5.56 Å². The summed E-state index contributed by atoms with van der Waals surface area (Å²) in [7, 11) is 0. The van der Waals surface area contributed by atoms with Gasteiger partial charge in [0.15, 0.2) is 0 Å². The third-order valence-electron chi connectivity index (χ3n) is 3.88. The minimum atomic E-state index is -0.129. The molecule has 20 heavy (non-hydrogen) atoms. The molecule has 1 saturated carbocycles. The predicted molar refractivity (Wildman–Crippen MR) is 82.0 cm³/mol. The molecule has 3 heteroatoms. The first-order chi connectivity index (χ1) is 9.54. The van der Waals surface area contributed by atoms with E-state index in [4.69, 9.17) is 4.74 Å². The Kier molecular flexibility index (Phi) is 5.44. The molecule has 1 aromatic carbocycles. The summed E-state index contributed by atoms with van der Waals surface area (Å²) in [5, 5.41) is 13.4. The molecule has 1 aromatic rings. The van der Waals surface area contributed by atoms with Crippen LogP contribution in [0.25, 0.3) is 0 Å². The molecule has 0 saturated heterocycles. The molecular formula is C17H27NO2. The summed E-state index contributed by atoms with van der Waals surface area (Å²) in [5.41, 5.74) is 1.26. The summed E-state index contributed by atoms with van der Waals surface area (Å²) in [6.07, 6.45) is 4.19. The second-order valence-corrected chi connectivity index (χ2v) is 6.14. The second kappa shape index (κ2) is 7.09. The van der Waals surface area contributed by atoms with Crippen molar-refractivity contribution in [3.05, 3.63) is 29.8 Å². The molecule has 0 bridgehead atoms. The zero-order chi connectivity index (χ0) is 14.5. The van der Waals surface area contributed by atoms with E-state index in [-0.39, 0.29) is 12.2 Å². The van der Waals surface area contributed by atoms with Gasteiger partial charge in [0.05, 0.1) is 12.2 Å². The van der Waals surface area contributed by atoms with Crippen LogP contribution in [0.3, 0.4) is 0 Å². The lowest BCUT2D eigenvalue weighted by Crippen LogP contribution is -2.37. The molecule has 0 amide bonds. The monoisotopic (exact) mass is 277 g/mol.